The zero-order chi connectivity index (χ0) is 14.0. The highest BCUT2D eigenvalue weighted by atomic mass is 35.5. The highest BCUT2D eigenvalue weighted by Crippen LogP contribution is 2.23. The Balaban J connectivity index is 2.31. The van der Waals surface area contributed by atoms with Gasteiger partial charge in [-0.25, -0.2) is 4.39 Å². The Morgan fingerprint density at radius 3 is 2.89 bits per heavy atom. The molecule has 0 aliphatic carbocycles. The van der Waals surface area contributed by atoms with Gasteiger partial charge in [-0.15, -0.1) is 0 Å². The summed E-state index contributed by atoms with van der Waals surface area (Å²) in [4.78, 5) is 14.2. The third-order valence-electron chi connectivity index (χ3n) is 3.25. The van der Waals surface area contributed by atoms with Gasteiger partial charge in [-0.05, 0) is 37.5 Å². The summed E-state index contributed by atoms with van der Waals surface area (Å²) in [5.74, 6) is -0.987. The number of nitrogens with two attached hydrogens (primary N) is 1. The zero-order valence-corrected chi connectivity index (χ0v) is 11.8. The number of nitrogens with zero attached hydrogens (tertiary/aromatic N) is 1. The van der Waals surface area contributed by atoms with Crippen LogP contribution in [0.3, 0.4) is 0 Å². The summed E-state index contributed by atoms with van der Waals surface area (Å²) < 4.78 is 13.7. The molecule has 19 heavy (non-hydrogen) atoms. The maximum Gasteiger partial charge on any atom is 0.257 e. The Labute approximate surface area is 121 Å². The van der Waals surface area contributed by atoms with Crippen LogP contribution in [0.1, 0.15) is 29.6 Å². The fourth-order valence-electron chi connectivity index (χ4n) is 2.29. The molecule has 1 atom stereocenters. The number of rotatable bonds is 2. The molecule has 1 fully saturated rings. The van der Waals surface area contributed by atoms with Crippen LogP contribution in [0.25, 0.3) is 0 Å². The second-order valence-corrected chi connectivity index (χ2v) is 5.44. The van der Waals surface area contributed by atoms with Crippen LogP contribution in [0.5, 0.6) is 0 Å². The molecule has 2 N–H and O–H groups in total. The Hall–Kier alpha value is -1.20. The van der Waals surface area contributed by atoms with Gasteiger partial charge in [0, 0.05) is 11.6 Å². The van der Waals surface area contributed by atoms with E-state index in [0.29, 0.717) is 11.6 Å². The second kappa shape index (κ2) is 5.84. The van der Waals surface area contributed by atoms with Crippen LogP contribution >= 0.6 is 23.8 Å². The first-order valence-corrected chi connectivity index (χ1v) is 6.84. The molecular weight excluding hydrogens is 287 g/mol. The standard InChI is InChI=1S/C13H14ClFN2OS/c14-8-4-5-10(15)9(7-8)13(18)17-6-2-1-3-11(17)12(16)19/h4-5,7,11H,1-3,6H2,(H2,16,19). The summed E-state index contributed by atoms with van der Waals surface area (Å²) in [7, 11) is 0. The number of hydrogen-bond donors (Lipinski definition) is 1. The molecule has 1 heterocycles. The summed E-state index contributed by atoms with van der Waals surface area (Å²) in [6, 6.07) is 3.64. The molecule has 3 nitrogen and oxygen atoms in total. The molecule has 0 radical (unpaired) electrons. The highest BCUT2D eigenvalue weighted by molar-refractivity contribution is 7.80. The number of hydrogen-bond acceptors (Lipinski definition) is 2. The van der Waals surface area contributed by atoms with Crippen molar-refractivity contribution in [2.45, 2.75) is 25.3 Å². The van der Waals surface area contributed by atoms with Gasteiger partial charge in [0.1, 0.15) is 5.82 Å². The van der Waals surface area contributed by atoms with Crippen molar-refractivity contribution in [3.8, 4) is 0 Å². The lowest BCUT2D eigenvalue weighted by Crippen LogP contribution is -2.50. The number of amides is 1. The van der Waals surface area contributed by atoms with Crippen LogP contribution < -0.4 is 5.73 Å². The molecule has 2 rings (SSSR count). The van der Waals surface area contributed by atoms with E-state index in [1.54, 1.807) is 4.90 Å². The van der Waals surface area contributed by atoms with Gasteiger partial charge >= 0.3 is 0 Å². The van der Waals surface area contributed by atoms with Gasteiger partial charge in [0.05, 0.1) is 16.6 Å². The summed E-state index contributed by atoms with van der Waals surface area (Å²) in [6.45, 7) is 0.535. The van der Waals surface area contributed by atoms with Crippen molar-refractivity contribution in [3.63, 3.8) is 0 Å². The molecule has 1 amide bonds. The molecule has 1 aromatic rings. The van der Waals surface area contributed by atoms with Crippen molar-refractivity contribution in [2.24, 2.45) is 5.73 Å². The van der Waals surface area contributed by atoms with Crippen LogP contribution in [0, 0.1) is 5.82 Å². The van der Waals surface area contributed by atoms with E-state index in [9.17, 15) is 9.18 Å². The molecule has 0 spiro atoms. The van der Waals surface area contributed by atoms with Gasteiger partial charge in [-0.2, -0.15) is 0 Å². The van der Waals surface area contributed by atoms with Gasteiger partial charge in [-0.3, -0.25) is 4.79 Å². The molecule has 102 valence electrons. The Morgan fingerprint density at radius 2 is 2.21 bits per heavy atom. The van der Waals surface area contributed by atoms with Crippen LogP contribution in [0.2, 0.25) is 5.02 Å². The molecule has 1 aliphatic heterocycles. The quantitative estimate of drug-likeness (QED) is 0.854. The smallest absolute Gasteiger partial charge is 0.257 e. The fourth-order valence-corrected chi connectivity index (χ4v) is 2.70. The van der Waals surface area contributed by atoms with Crippen molar-refractivity contribution in [3.05, 3.63) is 34.6 Å². The number of halogens is 2. The third kappa shape index (κ3) is 3.04. The van der Waals surface area contributed by atoms with Gasteiger partial charge in [-0.1, -0.05) is 23.8 Å². The molecule has 1 aromatic carbocycles. The minimum absolute atomic E-state index is 0.0318. The van der Waals surface area contributed by atoms with E-state index in [1.165, 1.54) is 18.2 Å². The van der Waals surface area contributed by atoms with Crippen molar-refractivity contribution in [1.29, 1.82) is 0 Å². The average Bonchev–Trinajstić information content (AvgIpc) is 2.40. The van der Waals surface area contributed by atoms with Gasteiger partial charge < -0.3 is 10.6 Å². The molecule has 0 saturated carbocycles. The molecule has 6 heteroatoms. The lowest BCUT2D eigenvalue weighted by atomic mass is 10.0. The number of carbonyl (C=O) groups is 1. The molecule has 0 bridgehead atoms. The normalized spacial score (nSPS) is 19.3. The minimum Gasteiger partial charge on any atom is -0.392 e. The number of benzene rings is 1. The number of likely N-dealkylation sites (tertiary alicyclic amines) is 1. The number of carbonyl (C=O) groups excluding carboxylic acids is 1. The lowest BCUT2D eigenvalue weighted by molar-refractivity contribution is 0.0676. The molecule has 1 unspecified atom stereocenters. The predicted molar refractivity (Wildman–Crippen MR) is 76.9 cm³/mol. The monoisotopic (exact) mass is 300 g/mol. The molecule has 0 aromatic heterocycles. The first-order chi connectivity index (χ1) is 9.00. The second-order valence-electron chi connectivity index (χ2n) is 4.54. The van der Waals surface area contributed by atoms with Gasteiger partial charge in [0.25, 0.3) is 5.91 Å². The maximum absolute atomic E-state index is 13.7. The zero-order valence-electron chi connectivity index (χ0n) is 10.2. The molecule has 1 saturated heterocycles. The van der Waals surface area contributed by atoms with Gasteiger partial charge in [0.2, 0.25) is 0 Å². The average molecular weight is 301 g/mol. The summed E-state index contributed by atoms with van der Waals surface area (Å²) >= 11 is 10.8. The molecular formula is C13H14ClFN2OS. The van der Waals surface area contributed by atoms with E-state index in [2.05, 4.69) is 0 Å². The Kier molecular flexibility index (Phi) is 4.37. The highest BCUT2D eigenvalue weighted by Gasteiger charge is 2.30. The number of thiocarbonyl (C=S) groups is 1. The predicted octanol–water partition coefficient (Wildman–Crippen LogP) is 2.76. The topological polar surface area (TPSA) is 46.3 Å². The van der Waals surface area contributed by atoms with Crippen molar-refractivity contribution < 1.29 is 9.18 Å². The Morgan fingerprint density at radius 1 is 1.47 bits per heavy atom. The first kappa shape index (κ1) is 14.2. The van der Waals surface area contributed by atoms with Crippen molar-refractivity contribution >= 4 is 34.7 Å². The van der Waals surface area contributed by atoms with E-state index in [0.717, 1.165) is 19.3 Å². The SMILES string of the molecule is NC(=S)C1CCCCN1C(=O)c1cc(Cl)ccc1F. The van der Waals surface area contributed by atoms with Crippen molar-refractivity contribution in [2.75, 3.05) is 6.54 Å². The van der Waals surface area contributed by atoms with Crippen LogP contribution in [0.15, 0.2) is 18.2 Å². The van der Waals surface area contributed by atoms with Crippen molar-refractivity contribution in [1.82, 2.24) is 4.90 Å². The van der Waals surface area contributed by atoms with Crippen LogP contribution in [-0.2, 0) is 0 Å². The number of piperidine rings is 1. The summed E-state index contributed by atoms with van der Waals surface area (Å²) in [6.07, 6.45) is 2.56. The van der Waals surface area contributed by atoms with E-state index in [-0.39, 0.29) is 16.6 Å². The van der Waals surface area contributed by atoms with E-state index < -0.39 is 11.7 Å². The van der Waals surface area contributed by atoms with E-state index in [1.807, 2.05) is 0 Å². The minimum atomic E-state index is -0.582. The maximum atomic E-state index is 13.7. The van der Waals surface area contributed by atoms with Gasteiger partial charge in [0.15, 0.2) is 0 Å². The van der Waals surface area contributed by atoms with E-state index in [4.69, 9.17) is 29.6 Å². The summed E-state index contributed by atoms with van der Waals surface area (Å²) in [5.41, 5.74) is 5.63. The molecule has 1 aliphatic rings. The van der Waals surface area contributed by atoms with E-state index >= 15 is 0 Å². The first-order valence-electron chi connectivity index (χ1n) is 6.06. The fraction of sp³-hybridized carbons (Fsp3) is 0.385. The lowest BCUT2D eigenvalue weighted by Gasteiger charge is -2.35. The van der Waals surface area contributed by atoms with Crippen LogP contribution in [-0.4, -0.2) is 28.4 Å². The summed E-state index contributed by atoms with van der Waals surface area (Å²) in [5, 5.41) is 0.327. The largest absolute Gasteiger partial charge is 0.392 e. The Bertz CT molecular complexity index is 523. The van der Waals surface area contributed by atoms with Crippen LogP contribution in [0.4, 0.5) is 4.39 Å². The third-order valence-corrected chi connectivity index (χ3v) is 3.76.